The van der Waals surface area contributed by atoms with E-state index in [4.69, 9.17) is 4.74 Å². The quantitative estimate of drug-likeness (QED) is 0.729. The molecule has 0 bridgehead atoms. The minimum absolute atomic E-state index is 0.207. The topological polar surface area (TPSA) is 32.7 Å². The lowest BCUT2D eigenvalue weighted by molar-refractivity contribution is 0.0431. The van der Waals surface area contributed by atoms with Gasteiger partial charge >= 0.3 is 0 Å². The first-order chi connectivity index (χ1) is 7.13. The van der Waals surface area contributed by atoms with Crippen LogP contribution in [0.4, 0.5) is 0 Å². The van der Waals surface area contributed by atoms with Crippen molar-refractivity contribution in [3.05, 3.63) is 0 Å². The third kappa shape index (κ3) is 4.49. The van der Waals surface area contributed by atoms with Crippen LogP contribution in [0.3, 0.4) is 0 Å². The summed E-state index contributed by atoms with van der Waals surface area (Å²) < 4.78 is 5.57. The van der Waals surface area contributed by atoms with Gasteiger partial charge in [0.15, 0.2) is 0 Å². The van der Waals surface area contributed by atoms with Gasteiger partial charge in [0.2, 0.25) is 0 Å². The Bertz CT molecular complexity index is 169. The summed E-state index contributed by atoms with van der Waals surface area (Å²) in [5.41, 5.74) is 0. The molecule has 0 aromatic heterocycles. The molecule has 3 nitrogen and oxygen atoms in total. The second kappa shape index (κ2) is 6.46. The van der Waals surface area contributed by atoms with Crippen LogP contribution in [0.15, 0.2) is 0 Å². The number of ether oxygens (including phenoxy) is 1. The van der Waals surface area contributed by atoms with Crippen molar-refractivity contribution in [1.29, 1.82) is 0 Å². The summed E-state index contributed by atoms with van der Waals surface area (Å²) in [7, 11) is 2.06. The lowest BCUT2D eigenvalue weighted by Gasteiger charge is -2.25. The largest absolute Gasteiger partial charge is 0.392 e. The van der Waals surface area contributed by atoms with Crippen LogP contribution in [0.25, 0.3) is 0 Å². The van der Waals surface area contributed by atoms with Gasteiger partial charge in [-0.05, 0) is 25.8 Å². The molecule has 3 heteroatoms. The number of hydrogen-bond acceptors (Lipinski definition) is 3. The summed E-state index contributed by atoms with van der Waals surface area (Å²) in [5, 5.41) is 9.88. The minimum atomic E-state index is -0.207. The molecule has 0 aromatic rings. The van der Waals surface area contributed by atoms with E-state index in [1.165, 1.54) is 12.8 Å². The zero-order valence-electron chi connectivity index (χ0n) is 10.3. The number of rotatable bonds is 6. The van der Waals surface area contributed by atoms with Crippen LogP contribution in [-0.2, 0) is 4.74 Å². The first-order valence-electron chi connectivity index (χ1n) is 6.11. The van der Waals surface area contributed by atoms with Crippen molar-refractivity contribution in [1.82, 2.24) is 4.90 Å². The van der Waals surface area contributed by atoms with E-state index in [0.717, 1.165) is 26.1 Å². The van der Waals surface area contributed by atoms with E-state index in [9.17, 15) is 5.11 Å². The minimum Gasteiger partial charge on any atom is -0.392 e. The first-order valence-corrected chi connectivity index (χ1v) is 6.11. The van der Waals surface area contributed by atoms with Gasteiger partial charge in [0, 0.05) is 19.7 Å². The van der Waals surface area contributed by atoms with E-state index in [1.807, 2.05) is 0 Å². The van der Waals surface area contributed by atoms with Gasteiger partial charge in [-0.1, -0.05) is 20.3 Å². The summed E-state index contributed by atoms with van der Waals surface area (Å²) in [6.07, 6.45) is 3.58. The number of nitrogens with zero attached hydrogens (tertiary/aromatic N) is 1. The summed E-state index contributed by atoms with van der Waals surface area (Å²) in [6, 6.07) is 0. The molecule has 0 aliphatic carbocycles. The zero-order valence-corrected chi connectivity index (χ0v) is 10.3. The summed E-state index contributed by atoms with van der Waals surface area (Å²) in [6.45, 7) is 6.84. The third-order valence-corrected chi connectivity index (χ3v) is 3.34. The van der Waals surface area contributed by atoms with Crippen molar-refractivity contribution in [2.45, 2.75) is 45.3 Å². The Morgan fingerprint density at radius 3 is 2.80 bits per heavy atom. The summed E-state index contributed by atoms with van der Waals surface area (Å²) in [5.74, 6) is 0.386. The van der Waals surface area contributed by atoms with E-state index in [0.29, 0.717) is 12.0 Å². The highest BCUT2D eigenvalue weighted by Crippen LogP contribution is 2.14. The molecule has 3 unspecified atom stereocenters. The second-order valence-corrected chi connectivity index (χ2v) is 4.81. The van der Waals surface area contributed by atoms with Gasteiger partial charge in [0.05, 0.1) is 12.2 Å². The number of aliphatic hydroxyl groups is 1. The Morgan fingerprint density at radius 2 is 2.27 bits per heavy atom. The molecule has 0 spiro atoms. The molecular weight excluding hydrogens is 190 g/mol. The van der Waals surface area contributed by atoms with Gasteiger partial charge in [0.1, 0.15) is 0 Å². The third-order valence-electron chi connectivity index (χ3n) is 3.34. The Labute approximate surface area is 93.4 Å². The van der Waals surface area contributed by atoms with E-state index in [1.54, 1.807) is 0 Å². The van der Waals surface area contributed by atoms with Crippen molar-refractivity contribution in [3.63, 3.8) is 0 Å². The number of aliphatic hydroxyl groups excluding tert-OH is 1. The Hall–Kier alpha value is -0.120. The molecule has 1 aliphatic heterocycles. The van der Waals surface area contributed by atoms with E-state index in [2.05, 4.69) is 25.8 Å². The van der Waals surface area contributed by atoms with E-state index in [-0.39, 0.29) is 6.10 Å². The smallest absolute Gasteiger partial charge is 0.0702 e. The summed E-state index contributed by atoms with van der Waals surface area (Å²) in [4.78, 5) is 2.19. The lowest BCUT2D eigenvalue weighted by atomic mass is 10.0. The molecule has 1 N–H and O–H groups in total. The molecule has 1 saturated heterocycles. The van der Waals surface area contributed by atoms with Crippen molar-refractivity contribution >= 4 is 0 Å². The SMILES string of the molecule is CCC(C)C(O)CN(C)CC1CCCO1. The molecule has 1 heterocycles. The first kappa shape index (κ1) is 12.9. The highest BCUT2D eigenvalue weighted by molar-refractivity contribution is 4.72. The molecule has 0 aromatic carbocycles. The molecule has 3 atom stereocenters. The van der Waals surface area contributed by atoms with Crippen LogP contribution >= 0.6 is 0 Å². The molecule has 15 heavy (non-hydrogen) atoms. The van der Waals surface area contributed by atoms with Crippen LogP contribution in [-0.4, -0.2) is 49.0 Å². The van der Waals surface area contributed by atoms with Gasteiger partial charge in [-0.3, -0.25) is 0 Å². The molecule has 0 saturated carbocycles. The lowest BCUT2D eigenvalue weighted by Crippen LogP contribution is -2.37. The highest BCUT2D eigenvalue weighted by atomic mass is 16.5. The molecule has 1 fully saturated rings. The van der Waals surface area contributed by atoms with Crippen molar-refractivity contribution in [3.8, 4) is 0 Å². The Morgan fingerprint density at radius 1 is 1.53 bits per heavy atom. The van der Waals surface area contributed by atoms with Crippen molar-refractivity contribution < 1.29 is 9.84 Å². The number of hydrogen-bond donors (Lipinski definition) is 1. The average Bonchev–Trinajstić information content (AvgIpc) is 2.68. The summed E-state index contributed by atoms with van der Waals surface area (Å²) >= 11 is 0. The monoisotopic (exact) mass is 215 g/mol. The fraction of sp³-hybridized carbons (Fsp3) is 1.00. The standard InChI is InChI=1S/C12H25NO2/c1-4-10(2)12(14)9-13(3)8-11-6-5-7-15-11/h10-12,14H,4-9H2,1-3H3. The highest BCUT2D eigenvalue weighted by Gasteiger charge is 2.20. The maximum Gasteiger partial charge on any atom is 0.0702 e. The molecule has 1 rings (SSSR count). The fourth-order valence-corrected chi connectivity index (χ4v) is 1.98. The maximum absolute atomic E-state index is 9.88. The van der Waals surface area contributed by atoms with Crippen molar-refractivity contribution in [2.24, 2.45) is 5.92 Å². The van der Waals surface area contributed by atoms with Gasteiger partial charge in [-0.25, -0.2) is 0 Å². The van der Waals surface area contributed by atoms with E-state index >= 15 is 0 Å². The van der Waals surface area contributed by atoms with Crippen LogP contribution in [0.1, 0.15) is 33.1 Å². The normalized spacial score (nSPS) is 25.8. The molecule has 0 radical (unpaired) electrons. The molecular formula is C12H25NO2. The van der Waals surface area contributed by atoms with Gasteiger partial charge in [-0.2, -0.15) is 0 Å². The Balaban J connectivity index is 2.19. The predicted molar refractivity (Wildman–Crippen MR) is 61.9 cm³/mol. The Kier molecular flexibility index (Phi) is 5.58. The van der Waals surface area contributed by atoms with Crippen LogP contribution in [0, 0.1) is 5.92 Å². The van der Waals surface area contributed by atoms with E-state index < -0.39 is 0 Å². The number of likely N-dealkylation sites (N-methyl/N-ethyl adjacent to an activating group) is 1. The van der Waals surface area contributed by atoms with Crippen LogP contribution in [0.2, 0.25) is 0 Å². The molecule has 0 amide bonds. The van der Waals surface area contributed by atoms with Gasteiger partial charge in [0.25, 0.3) is 0 Å². The van der Waals surface area contributed by atoms with Crippen LogP contribution < -0.4 is 0 Å². The van der Waals surface area contributed by atoms with Crippen molar-refractivity contribution in [2.75, 3.05) is 26.7 Å². The zero-order chi connectivity index (χ0) is 11.3. The van der Waals surface area contributed by atoms with Gasteiger partial charge < -0.3 is 14.7 Å². The predicted octanol–water partition coefficient (Wildman–Crippen LogP) is 1.50. The molecule has 1 aliphatic rings. The van der Waals surface area contributed by atoms with Crippen LogP contribution in [0.5, 0.6) is 0 Å². The fourth-order valence-electron chi connectivity index (χ4n) is 1.98. The second-order valence-electron chi connectivity index (χ2n) is 4.81. The maximum atomic E-state index is 9.88. The molecule has 90 valence electrons. The van der Waals surface area contributed by atoms with Gasteiger partial charge in [-0.15, -0.1) is 0 Å². The average molecular weight is 215 g/mol.